The molecular formula is C20H24BrN3O5S2. The molecule has 168 valence electrons. The van der Waals surface area contributed by atoms with Gasteiger partial charge in [0.15, 0.2) is 0 Å². The van der Waals surface area contributed by atoms with E-state index in [1.165, 1.54) is 28.6 Å². The molecule has 1 heterocycles. The van der Waals surface area contributed by atoms with Crippen molar-refractivity contribution in [3.05, 3.63) is 53.0 Å². The average molecular weight is 530 g/mol. The lowest BCUT2D eigenvalue weighted by molar-refractivity contribution is -0.114. The standard InChI is InChI=1S/C20H24BrN3O5S2/c1-30(26,27)24(18-7-5-6-16(21)14-18)15-20(25)22-17-8-10-19(11-9-17)31(28,29)23-12-3-2-4-13-23/h5-11,14H,2-4,12-13,15H2,1H3,(H,22,25). The lowest BCUT2D eigenvalue weighted by Gasteiger charge is -2.26. The van der Waals surface area contributed by atoms with Gasteiger partial charge in [0.1, 0.15) is 6.54 Å². The molecule has 1 aliphatic heterocycles. The summed E-state index contributed by atoms with van der Waals surface area (Å²) in [6.07, 6.45) is 3.76. The number of halogens is 1. The van der Waals surface area contributed by atoms with Crippen molar-refractivity contribution >= 4 is 53.3 Å². The van der Waals surface area contributed by atoms with Gasteiger partial charge in [0.05, 0.1) is 16.8 Å². The first kappa shape index (κ1) is 23.7. The van der Waals surface area contributed by atoms with Crippen molar-refractivity contribution in [3.8, 4) is 0 Å². The third-order valence-electron chi connectivity index (χ3n) is 4.87. The first-order valence-corrected chi connectivity index (χ1v) is 13.8. The van der Waals surface area contributed by atoms with E-state index in [1.807, 2.05) is 0 Å². The van der Waals surface area contributed by atoms with Crippen LogP contribution in [0.3, 0.4) is 0 Å². The van der Waals surface area contributed by atoms with Crippen LogP contribution in [0.25, 0.3) is 0 Å². The molecule has 1 amide bonds. The molecule has 0 unspecified atom stereocenters. The molecule has 1 aliphatic rings. The Hall–Kier alpha value is -1.95. The van der Waals surface area contributed by atoms with Crippen LogP contribution in [0.1, 0.15) is 19.3 Å². The van der Waals surface area contributed by atoms with Gasteiger partial charge in [-0.3, -0.25) is 9.10 Å². The highest BCUT2D eigenvalue weighted by atomic mass is 79.9. The third kappa shape index (κ3) is 6.06. The maximum absolute atomic E-state index is 12.7. The van der Waals surface area contributed by atoms with E-state index >= 15 is 0 Å². The number of nitrogens with one attached hydrogen (secondary N) is 1. The normalized spacial score (nSPS) is 15.4. The minimum absolute atomic E-state index is 0.166. The zero-order chi connectivity index (χ0) is 22.6. The Morgan fingerprint density at radius 1 is 1.03 bits per heavy atom. The lowest BCUT2D eigenvalue weighted by atomic mass is 10.2. The Morgan fingerprint density at radius 2 is 1.68 bits per heavy atom. The summed E-state index contributed by atoms with van der Waals surface area (Å²) in [5.74, 6) is -0.544. The van der Waals surface area contributed by atoms with Gasteiger partial charge in [-0.2, -0.15) is 4.31 Å². The molecule has 0 saturated carbocycles. The maximum Gasteiger partial charge on any atom is 0.245 e. The van der Waals surface area contributed by atoms with Gasteiger partial charge >= 0.3 is 0 Å². The lowest BCUT2D eigenvalue weighted by Crippen LogP contribution is -2.37. The highest BCUT2D eigenvalue weighted by Crippen LogP contribution is 2.24. The fourth-order valence-corrected chi connectivity index (χ4v) is 6.08. The average Bonchev–Trinajstić information content (AvgIpc) is 2.72. The molecule has 1 fully saturated rings. The van der Waals surface area contributed by atoms with Crippen molar-refractivity contribution in [2.45, 2.75) is 24.2 Å². The number of piperidine rings is 1. The second-order valence-corrected chi connectivity index (χ2v) is 12.0. The van der Waals surface area contributed by atoms with Gasteiger partial charge < -0.3 is 5.32 Å². The van der Waals surface area contributed by atoms with E-state index in [1.54, 1.807) is 24.3 Å². The van der Waals surface area contributed by atoms with E-state index in [2.05, 4.69) is 21.2 Å². The molecule has 8 nitrogen and oxygen atoms in total. The van der Waals surface area contributed by atoms with Gasteiger partial charge in [-0.1, -0.05) is 28.4 Å². The number of benzene rings is 2. The zero-order valence-corrected chi connectivity index (χ0v) is 20.2. The Balaban J connectivity index is 1.71. The molecule has 0 aliphatic carbocycles. The SMILES string of the molecule is CS(=O)(=O)N(CC(=O)Nc1ccc(S(=O)(=O)N2CCCCC2)cc1)c1cccc(Br)c1. The van der Waals surface area contributed by atoms with Crippen LogP contribution < -0.4 is 9.62 Å². The van der Waals surface area contributed by atoms with Crippen molar-refractivity contribution in [1.29, 1.82) is 0 Å². The van der Waals surface area contributed by atoms with Crippen LogP contribution in [-0.4, -0.2) is 52.9 Å². The van der Waals surface area contributed by atoms with Crippen LogP contribution in [0, 0.1) is 0 Å². The molecular weight excluding hydrogens is 506 g/mol. The van der Waals surface area contributed by atoms with E-state index in [0.29, 0.717) is 28.9 Å². The number of hydrogen-bond acceptors (Lipinski definition) is 5. The first-order valence-electron chi connectivity index (χ1n) is 9.71. The minimum atomic E-state index is -3.69. The van der Waals surface area contributed by atoms with E-state index in [-0.39, 0.29) is 4.90 Å². The first-order chi connectivity index (χ1) is 14.6. The predicted octanol–water partition coefficient (Wildman–Crippen LogP) is 3.03. The van der Waals surface area contributed by atoms with Gasteiger partial charge in [-0.15, -0.1) is 0 Å². The molecule has 0 radical (unpaired) electrons. The molecule has 2 aromatic rings. The fourth-order valence-electron chi connectivity index (χ4n) is 3.33. The van der Waals surface area contributed by atoms with Crippen LogP contribution >= 0.6 is 15.9 Å². The summed E-state index contributed by atoms with van der Waals surface area (Å²) in [6, 6.07) is 12.5. The number of amides is 1. The molecule has 31 heavy (non-hydrogen) atoms. The van der Waals surface area contributed by atoms with Crippen molar-refractivity contribution in [1.82, 2.24) is 4.31 Å². The highest BCUT2D eigenvalue weighted by molar-refractivity contribution is 9.10. The molecule has 1 saturated heterocycles. The smallest absolute Gasteiger partial charge is 0.245 e. The molecule has 1 N–H and O–H groups in total. The number of carbonyl (C=O) groups excluding carboxylic acids is 1. The molecule has 0 spiro atoms. The van der Waals surface area contributed by atoms with Crippen LogP contribution in [-0.2, 0) is 24.8 Å². The third-order valence-corrected chi connectivity index (χ3v) is 8.42. The topological polar surface area (TPSA) is 104 Å². The van der Waals surface area contributed by atoms with Gasteiger partial charge in [0.25, 0.3) is 0 Å². The Morgan fingerprint density at radius 3 is 2.26 bits per heavy atom. The number of sulfonamides is 2. The number of hydrogen-bond donors (Lipinski definition) is 1. The Labute approximate surface area is 191 Å². The predicted molar refractivity (Wildman–Crippen MR) is 124 cm³/mol. The van der Waals surface area contributed by atoms with Gasteiger partial charge in [-0.05, 0) is 55.3 Å². The van der Waals surface area contributed by atoms with Gasteiger partial charge in [0, 0.05) is 23.2 Å². The highest BCUT2D eigenvalue weighted by Gasteiger charge is 2.26. The van der Waals surface area contributed by atoms with Gasteiger partial charge in [-0.25, -0.2) is 16.8 Å². The number of carbonyl (C=O) groups is 1. The number of nitrogens with zero attached hydrogens (tertiary/aromatic N) is 2. The van der Waals surface area contributed by atoms with Gasteiger partial charge in [0.2, 0.25) is 26.0 Å². The molecule has 3 rings (SSSR count). The summed E-state index contributed by atoms with van der Waals surface area (Å²) in [7, 11) is -7.25. The molecule has 0 aromatic heterocycles. The molecule has 2 aromatic carbocycles. The maximum atomic E-state index is 12.7. The Kier molecular flexibility index (Phi) is 7.40. The largest absolute Gasteiger partial charge is 0.325 e. The molecule has 0 atom stereocenters. The summed E-state index contributed by atoms with van der Waals surface area (Å²) in [5, 5.41) is 2.62. The molecule has 0 bridgehead atoms. The van der Waals surface area contributed by atoms with Crippen molar-refractivity contribution in [2.24, 2.45) is 0 Å². The van der Waals surface area contributed by atoms with E-state index in [4.69, 9.17) is 0 Å². The quantitative estimate of drug-likeness (QED) is 0.593. The summed E-state index contributed by atoms with van der Waals surface area (Å²) < 4.78 is 53.0. The summed E-state index contributed by atoms with van der Waals surface area (Å²) in [5.41, 5.74) is 0.736. The second kappa shape index (κ2) is 9.68. The zero-order valence-electron chi connectivity index (χ0n) is 17.0. The van der Waals surface area contributed by atoms with E-state index < -0.39 is 32.5 Å². The van der Waals surface area contributed by atoms with Crippen LogP contribution in [0.4, 0.5) is 11.4 Å². The van der Waals surface area contributed by atoms with E-state index in [0.717, 1.165) is 29.8 Å². The number of rotatable bonds is 7. The summed E-state index contributed by atoms with van der Waals surface area (Å²) >= 11 is 3.29. The van der Waals surface area contributed by atoms with Crippen molar-refractivity contribution in [2.75, 3.05) is 35.5 Å². The van der Waals surface area contributed by atoms with E-state index in [9.17, 15) is 21.6 Å². The second-order valence-electron chi connectivity index (χ2n) is 7.29. The summed E-state index contributed by atoms with van der Waals surface area (Å²) in [6.45, 7) is 0.610. The minimum Gasteiger partial charge on any atom is -0.325 e. The van der Waals surface area contributed by atoms with Crippen LogP contribution in [0.5, 0.6) is 0 Å². The Bertz CT molecular complexity index is 1150. The fraction of sp³-hybridized carbons (Fsp3) is 0.350. The van der Waals surface area contributed by atoms with Crippen molar-refractivity contribution < 1.29 is 21.6 Å². The molecule has 11 heteroatoms. The summed E-state index contributed by atoms with van der Waals surface area (Å²) in [4.78, 5) is 12.7. The number of anilines is 2. The monoisotopic (exact) mass is 529 g/mol. The van der Waals surface area contributed by atoms with Crippen LogP contribution in [0.2, 0.25) is 0 Å². The van der Waals surface area contributed by atoms with Crippen LogP contribution in [0.15, 0.2) is 57.9 Å². The van der Waals surface area contributed by atoms with Crippen molar-refractivity contribution in [3.63, 3.8) is 0 Å².